The molecule has 2 amide bonds. The van der Waals surface area contributed by atoms with E-state index in [1.54, 1.807) is 13.8 Å². The molecule has 0 spiro atoms. The van der Waals surface area contributed by atoms with Crippen molar-refractivity contribution < 1.29 is 9.59 Å². The number of hydrogen-bond acceptors (Lipinski definition) is 3. The molecule has 0 unspecified atom stereocenters. The Bertz CT molecular complexity index is 493. The van der Waals surface area contributed by atoms with Gasteiger partial charge in [0.25, 0.3) is 0 Å². The summed E-state index contributed by atoms with van der Waals surface area (Å²) in [5.41, 5.74) is 1.43. The summed E-state index contributed by atoms with van der Waals surface area (Å²) in [4.78, 5) is 23.2. The van der Waals surface area contributed by atoms with Gasteiger partial charge in [0, 0.05) is 25.1 Å². The molecule has 0 aromatic carbocycles. The maximum atomic E-state index is 12.2. The van der Waals surface area contributed by atoms with E-state index in [0.29, 0.717) is 0 Å². The Hall–Kier alpha value is -1.85. The number of aryl methyl sites for hydroxylation is 1. The summed E-state index contributed by atoms with van der Waals surface area (Å²) in [6, 6.07) is 0.0912. The van der Waals surface area contributed by atoms with Crippen LogP contribution in [0.5, 0.6) is 0 Å². The molecule has 0 saturated heterocycles. The first-order chi connectivity index (χ1) is 8.88. The van der Waals surface area contributed by atoms with Crippen molar-refractivity contribution in [2.75, 3.05) is 0 Å². The molecular formula is C13H20N4O2. The number of fused-ring (bicyclic) bond motifs is 1. The minimum atomic E-state index is -0.889. The maximum Gasteiger partial charge on any atom is 0.245 e. The van der Waals surface area contributed by atoms with Crippen molar-refractivity contribution in [1.29, 1.82) is 0 Å². The van der Waals surface area contributed by atoms with E-state index in [0.717, 1.165) is 25.0 Å². The molecule has 104 valence electrons. The molecule has 0 radical (unpaired) electrons. The van der Waals surface area contributed by atoms with Crippen molar-refractivity contribution in [2.24, 2.45) is 0 Å². The zero-order valence-electron chi connectivity index (χ0n) is 11.5. The van der Waals surface area contributed by atoms with Gasteiger partial charge in [0.1, 0.15) is 5.54 Å². The lowest BCUT2D eigenvalue weighted by atomic mass is 9.92. The second kappa shape index (κ2) is 5.03. The van der Waals surface area contributed by atoms with Crippen molar-refractivity contribution in [2.45, 2.75) is 51.6 Å². The number of rotatable bonds is 3. The van der Waals surface area contributed by atoms with Crippen LogP contribution < -0.4 is 10.6 Å². The number of carbonyl (C=O) groups is 2. The summed E-state index contributed by atoms with van der Waals surface area (Å²) < 4.78 is 0. The van der Waals surface area contributed by atoms with E-state index in [1.807, 2.05) is 6.20 Å². The third kappa shape index (κ3) is 3.13. The average molecular weight is 264 g/mol. The van der Waals surface area contributed by atoms with Crippen LogP contribution in [0.2, 0.25) is 0 Å². The van der Waals surface area contributed by atoms with Crippen LogP contribution in [-0.4, -0.2) is 33.6 Å². The predicted octanol–water partition coefficient (Wildman–Crippen LogP) is 0.298. The average Bonchev–Trinajstić information content (AvgIpc) is 2.74. The second-order valence-corrected chi connectivity index (χ2v) is 5.59. The van der Waals surface area contributed by atoms with Crippen LogP contribution in [-0.2, 0) is 22.4 Å². The molecule has 6 heteroatoms. The number of H-pyrrole nitrogens is 1. The van der Waals surface area contributed by atoms with E-state index < -0.39 is 5.54 Å². The Labute approximate surface area is 112 Å². The zero-order valence-corrected chi connectivity index (χ0v) is 11.5. The van der Waals surface area contributed by atoms with Crippen molar-refractivity contribution in [3.05, 3.63) is 17.5 Å². The van der Waals surface area contributed by atoms with Crippen molar-refractivity contribution in [3.8, 4) is 0 Å². The highest BCUT2D eigenvalue weighted by atomic mass is 16.2. The second-order valence-electron chi connectivity index (χ2n) is 5.59. The Balaban J connectivity index is 1.95. The lowest BCUT2D eigenvalue weighted by Gasteiger charge is -2.29. The highest BCUT2D eigenvalue weighted by Crippen LogP contribution is 2.19. The molecular weight excluding hydrogens is 244 g/mol. The van der Waals surface area contributed by atoms with Gasteiger partial charge in [-0.3, -0.25) is 14.7 Å². The van der Waals surface area contributed by atoms with Gasteiger partial charge in [-0.15, -0.1) is 0 Å². The number of hydrogen-bond donors (Lipinski definition) is 3. The highest BCUT2D eigenvalue weighted by molar-refractivity contribution is 5.90. The van der Waals surface area contributed by atoms with Gasteiger partial charge in [-0.25, -0.2) is 0 Å². The number of nitrogens with one attached hydrogen (secondary N) is 3. The van der Waals surface area contributed by atoms with Crippen LogP contribution in [0.1, 0.15) is 38.4 Å². The van der Waals surface area contributed by atoms with Gasteiger partial charge in [-0.2, -0.15) is 5.10 Å². The fourth-order valence-corrected chi connectivity index (χ4v) is 2.39. The van der Waals surface area contributed by atoms with E-state index in [2.05, 4.69) is 20.8 Å². The van der Waals surface area contributed by atoms with E-state index >= 15 is 0 Å². The van der Waals surface area contributed by atoms with Crippen LogP contribution >= 0.6 is 0 Å². The number of amides is 2. The van der Waals surface area contributed by atoms with E-state index in [9.17, 15) is 9.59 Å². The lowest BCUT2D eigenvalue weighted by molar-refractivity contribution is -0.132. The summed E-state index contributed by atoms with van der Waals surface area (Å²) in [7, 11) is 0. The number of carbonyl (C=O) groups excluding carboxylic acids is 2. The number of aromatic amines is 1. The summed E-state index contributed by atoms with van der Waals surface area (Å²) in [5, 5.41) is 12.6. The summed E-state index contributed by atoms with van der Waals surface area (Å²) >= 11 is 0. The molecule has 0 fully saturated rings. The zero-order chi connectivity index (χ0) is 14.0. The lowest BCUT2D eigenvalue weighted by Crippen LogP contribution is -2.56. The molecule has 0 bridgehead atoms. The summed E-state index contributed by atoms with van der Waals surface area (Å²) in [6.45, 7) is 4.81. The Morgan fingerprint density at radius 3 is 2.89 bits per heavy atom. The largest absolute Gasteiger partial charge is 0.351 e. The number of nitrogens with zero attached hydrogens (tertiary/aromatic N) is 1. The molecule has 0 aliphatic heterocycles. The van der Waals surface area contributed by atoms with Crippen LogP contribution in [0.25, 0.3) is 0 Å². The fraction of sp³-hybridized carbons (Fsp3) is 0.615. The molecule has 1 aliphatic rings. The van der Waals surface area contributed by atoms with Gasteiger partial charge in [0.05, 0.1) is 6.20 Å². The SMILES string of the molecule is CC(=O)NC(C)(C)C(=O)N[C@H]1CCc2cn[nH]c2C1. The Morgan fingerprint density at radius 2 is 2.21 bits per heavy atom. The molecule has 2 rings (SSSR count). The molecule has 19 heavy (non-hydrogen) atoms. The van der Waals surface area contributed by atoms with E-state index in [-0.39, 0.29) is 17.9 Å². The first-order valence-corrected chi connectivity index (χ1v) is 6.49. The van der Waals surface area contributed by atoms with Gasteiger partial charge in [0.15, 0.2) is 0 Å². The minimum Gasteiger partial charge on any atom is -0.351 e. The smallest absolute Gasteiger partial charge is 0.245 e. The van der Waals surface area contributed by atoms with Crippen molar-refractivity contribution in [1.82, 2.24) is 20.8 Å². The van der Waals surface area contributed by atoms with E-state index in [1.165, 1.54) is 12.5 Å². The Kier molecular flexibility index (Phi) is 3.59. The summed E-state index contributed by atoms with van der Waals surface area (Å²) in [5.74, 6) is -0.365. The van der Waals surface area contributed by atoms with Gasteiger partial charge in [-0.1, -0.05) is 0 Å². The van der Waals surface area contributed by atoms with E-state index in [4.69, 9.17) is 0 Å². The first-order valence-electron chi connectivity index (χ1n) is 6.49. The maximum absolute atomic E-state index is 12.2. The standard InChI is InChI=1S/C13H20N4O2/c1-8(18)16-13(2,3)12(19)15-10-5-4-9-7-14-17-11(9)6-10/h7,10H,4-6H2,1-3H3,(H,14,17)(H,15,19)(H,16,18)/t10-/m0/s1. The van der Waals surface area contributed by atoms with Crippen molar-refractivity contribution in [3.63, 3.8) is 0 Å². The molecule has 3 N–H and O–H groups in total. The summed E-state index contributed by atoms with van der Waals surface area (Å²) in [6.07, 6.45) is 4.41. The van der Waals surface area contributed by atoms with Gasteiger partial charge >= 0.3 is 0 Å². The molecule has 6 nitrogen and oxygen atoms in total. The molecule has 1 heterocycles. The third-order valence-electron chi connectivity index (χ3n) is 3.41. The third-order valence-corrected chi connectivity index (χ3v) is 3.41. The predicted molar refractivity (Wildman–Crippen MR) is 70.4 cm³/mol. The quantitative estimate of drug-likeness (QED) is 0.733. The monoisotopic (exact) mass is 264 g/mol. The van der Waals surface area contributed by atoms with Crippen molar-refractivity contribution >= 4 is 11.8 Å². The fourth-order valence-electron chi connectivity index (χ4n) is 2.39. The minimum absolute atomic E-state index is 0.0912. The normalized spacial score (nSPS) is 18.6. The van der Waals surface area contributed by atoms with Gasteiger partial charge in [-0.05, 0) is 32.3 Å². The van der Waals surface area contributed by atoms with Crippen LogP contribution in [0, 0.1) is 0 Å². The first kappa shape index (κ1) is 13.6. The van der Waals surface area contributed by atoms with Crippen LogP contribution in [0.15, 0.2) is 6.20 Å². The molecule has 0 saturated carbocycles. The topological polar surface area (TPSA) is 86.9 Å². The molecule has 1 aromatic rings. The molecule has 1 atom stereocenters. The molecule has 1 aromatic heterocycles. The number of aromatic nitrogens is 2. The van der Waals surface area contributed by atoms with Crippen LogP contribution in [0.4, 0.5) is 0 Å². The molecule has 1 aliphatic carbocycles. The highest BCUT2D eigenvalue weighted by Gasteiger charge is 2.31. The van der Waals surface area contributed by atoms with Crippen LogP contribution in [0.3, 0.4) is 0 Å². The van der Waals surface area contributed by atoms with Gasteiger partial charge in [0.2, 0.25) is 11.8 Å². The Morgan fingerprint density at radius 1 is 1.47 bits per heavy atom. The van der Waals surface area contributed by atoms with Gasteiger partial charge < -0.3 is 10.6 Å².